The highest BCUT2D eigenvalue weighted by atomic mass is 32.2. The summed E-state index contributed by atoms with van der Waals surface area (Å²) in [4.78, 5) is 0. The molecule has 15 heavy (non-hydrogen) atoms. The van der Waals surface area contributed by atoms with Crippen molar-refractivity contribution in [2.45, 2.75) is 45.0 Å². The van der Waals surface area contributed by atoms with Crippen LogP contribution >= 0.6 is 11.8 Å². The molecule has 2 heterocycles. The molecule has 0 aliphatic carbocycles. The molecule has 1 aromatic heterocycles. The first-order chi connectivity index (χ1) is 7.16. The van der Waals surface area contributed by atoms with E-state index in [1.807, 2.05) is 25.6 Å². The Morgan fingerprint density at radius 3 is 2.87 bits per heavy atom. The topological polar surface area (TPSA) is 38.1 Å². The fourth-order valence-corrected chi connectivity index (χ4v) is 3.14. The van der Waals surface area contributed by atoms with Crippen LogP contribution < -0.4 is 5.32 Å². The van der Waals surface area contributed by atoms with Gasteiger partial charge in [0.05, 0.1) is 5.69 Å². The van der Waals surface area contributed by atoms with Crippen LogP contribution in [0.5, 0.6) is 0 Å². The third kappa shape index (κ3) is 2.55. The summed E-state index contributed by atoms with van der Waals surface area (Å²) in [6.45, 7) is 7.16. The predicted molar refractivity (Wildman–Crippen MR) is 63.1 cm³/mol. The molecule has 1 fully saturated rings. The van der Waals surface area contributed by atoms with Gasteiger partial charge in [-0.25, -0.2) is 0 Å². The van der Waals surface area contributed by atoms with Crippen molar-refractivity contribution in [1.29, 1.82) is 0 Å². The Morgan fingerprint density at radius 2 is 2.33 bits per heavy atom. The summed E-state index contributed by atoms with van der Waals surface area (Å²) in [6, 6.07) is 0.652. The molecule has 84 valence electrons. The molecule has 1 aliphatic heterocycles. The average Bonchev–Trinajstić information content (AvgIpc) is 2.73. The van der Waals surface area contributed by atoms with E-state index in [1.54, 1.807) is 0 Å². The van der Waals surface area contributed by atoms with Gasteiger partial charge in [-0.05, 0) is 20.3 Å². The molecule has 0 amide bonds. The van der Waals surface area contributed by atoms with E-state index in [9.17, 15) is 0 Å². The molecule has 3 nitrogen and oxygen atoms in total. The third-order valence-corrected chi connectivity index (χ3v) is 4.30. The van der Waals surface area contributed by atoms with Gasteiger partial charge < -0.3 is 9.84 Å². The largest absolute Gasteiger partial charge is 0.361 e. The maximum Gasteiger partial charge on any atom is 0.138 e. The van der Waals surface area contributed by atoms with Crippen molar-refractivity contribution >= 4 is 11.8 Å². The van der Waals surface area contributed by atoms with Crippen molar-refractivity contribution < 1.29 is 4.52 Å². The van der Waals surface area contributed by atoms with Crippen molar-refractivity contribution in [3.05, 3.63) is 17.0 Å². The van der Waals surface area contributed by atoms with Gasteiger partial charge in [-0.2, -0.15) is 11.8 Å². The molecule has 2 atom stereocenters. The molecule has 2 rings (SSSR count). The lowest BCUT2D eigenvalue weighted by atomic mass is 10.1. The Hall–Kier alpha value is -0.480. The number of hydrogen-bond acceptors (Lipinski definition) is 4. The first-order valence-corrected chi connectivity index (χ1v) is 6.48. The van der Waals surface area contributed by atoms with Crippen molar-refractivity contribution in [2.24, 2.45) is 0 Å². The molecule has 0 saturated carbocycles. The second-order valence-corrected chi connectivity index (χ2v) is 5.73. The van der Waals surface area contributed by atoms with Gasteiger partial charge >= 0.3 is 0 Å². The number of nitrogens with zero attached hydrogens (tertiary/aromatic N) is 1. The van der Waals surface area contributed by atoms with E-state index in [-0.39, 0.29) is 0 Å². The number of nitrogens with one attached hydrogen (secondary N) is 1. The van der Waals surface area contributed by atoms with Crippen LogP contribution in [0.2, 0.25) is 0 Å². The van der Waals surface area contributed by atoms with Crippen LogP contribution in [0.15, 0.2) is 4.52 Å². The van der Waals surface area contributed by atoms with Gasteiger partial charge in [-0.3, -0.25) is 0 Å². The lowest BCUT2D eigenvalue weighted by Gasteiger charge is -2.10. The Morgan fingerprint density at radius 1 is 1.53 bits per heavy atom. The van der Waals surface area contributed by atoms with E-state index >= 15 is 0 Å². The highest BCUT2D eigenvalue weighted by Gasteiger charge is 2.21. The second kappa shape index (κ2) is 4.58. The van der Waals surface area contributed by atoms with Gasteiger partial charge in [-0.1, -0.05) is 12.1 Å². The van der Waals surface area contributed by atoms with Crippen LogP contribution in [-0.4, -0.2) is 22.2 Å². The minimum atomic E-state index is 0.652. The molecule has 1 N–H and O–H groups in total. The standard InChI is InChI=1S/C11H18N2OS/c1-7-4-10(6-15-7)12-5-11-8(2)13-14-9(11)3/h7,10,12H,4-6H2,1-3H3. The molecule has 1 saturated heterocycles. The first kappa shape index (κ1) is 11.0. The van der Waals surface area contributed by atoms with Crippen LogP contribution in [0.25, 0.3) is 0 Å². The SMILES string of the molecule is Cc1noc(C)c1CNC1CSC(C)C1. The van der Waals surface area contributed by atoms with Crippen LogP contribution in [0.4, 0.5) is 0 Å². The third-order valence-electron chi connectivity index (χ3n) is 2.95. The lowest BCUT2D eigenvalue weighted by molar-refractivity contribution is 0.391. The van der Waals surface area contributed by atoms with Gasteiger partial charge in [-0.15, -0.1) is 0 Å². The monoisotopic (exact) mass is 226 g/mol. The number of rotatable bonds is 3. The fourth-order valence-electron chi connectivity index (χ4n) is 1.96. The van der Waals surface area contributed by atoms with E-state index in [2.05, 4.69) is 17.4 Å². The van der Waals surface area contributed by atoms with Gasteiger partial charge in [0, 0.05) is 29.2 Å². The molecule has 0 radical (unpaired) electrons. The molecule has 1 aliphatic rings. The van der Waals surface area contributed by atoms with Gasteiger partial charge in [0.15, 0.2) is 0 Å². The highest BCUT2D eigenvalue weighted by Crippen LogP contribution is 2.26. The second-order valence-electron chi connectivity index (χ2n) is 4.26. The number of hydrogen-bond donors (Lipinski definition) is 1. The molecule has 0 aromatic carbocycles. The number of thioether (sulfide) groups is 1. The molecule has 1 aromatic rings. The number of aryl methyl sites for hydroxylation is 2. The van der Waals surface area contributed by atoms with Crippen molar-refractivity contribution in [3.63, 3.8) is 0 Å². The minimum Gasteiger partial charge on any atom is -0.361 e. The van der Waals surface area contributed by atoms with E-state index in [0.717, 1.165) is 23.2 Å². The quantitative estimate of drug-likeness (QED) is 0.858. The maximum atomic E-state index is 5.14. The van der Waals surface area contributed by atoms with Gasteiger partial charge in [0.25, 0.3) is 0 Å². The molecular formula is C11H18N2OS. The molecule has 0 bridgehead atoms. The van der Waals surface area contributed by atoms with Crippen LogP contribution in [-0.2, 0) is 6.54 Å². The van der Waals surface area contributed by atoms with E-state index in [0.29, 0.717) is 6.04 Å². The van der Waals surface area contributed by atoms with Crippen molar-refractivity contribution in [2.75, 3.05) is 5.75 Å². The molecule has 2 unspecified atom stereocenters. The Kier molecular flexibility index (Phi) is 3.36. The van der Waals surface area contributed by atoms with E-state index in [4.69, 9.17) is 4.52 Å². The molecule has 4 heteroatoms. The highest BCUT2D eigenvalue weighted by molar-refractivity contribution is 8.00. The van der Waals surface area contributed by atoms with Gasteiger partial charge in [0.2, 0.25) is 0 Å². The van der Waals surface area contributed by atoms with E-state index in [1.165, 1.54) is 17.7 Å². The fraction of sp³-hybridized carbons (Fsp3) is 0.727. The summed E-state index contributed by atoms with van der Waals surface area (Å²) in [5.74, 6) is 2.17. The minimum absolute atomic E-state index is 0.652. The predicted octanol–water partition coefficient (Wildman–Crippen LogP) is 2.28. The summed E-state index contributed by atoms with van der Waals surface area (Å²) in [5, 5.41) is 8.33. The summed E-state index contributed by atoms with van der Waals surface area (Å²) in [7, 11) is 0. The lowest BCUT2D eigenvalue weighted by Crippen LogP contribution is -2.28. The summed E-state index contributed by atoms with van der Waals surface area (Å²) in [6.07, 6.45) is 1.27. The maximum absolute atomic E-state index is 5.14. The smallest absolute Gasteiger partial charge is 0.138 e. The summed E-state index contributed by atoms with van der Waals surface area (Å²) in [5.41, 5.74) is 2.23. The van der Waals surface area contributed by atoms with Crippen LogP contribution in [0, 0.1) is 13.8 Å². The average molecular weight is 226 g/mol. The first-order valence-electron chi connectivity index (χ1n) is 5.43. The summed E-state index contributed by atoms with van der Waals surface area (Å²) < 4.78 is 5.14. The zero-order valence-electron chi connectivity index (χ0n) is 9.54. The Labute approximate surface area is 95.0 Å². The Bertz CT molecular complexity index is 318. The summed E-state index contributed by atoms with van der Waals surface area (Å²) >= 11 is 2.05. The van der Waals surface area contributed by atoms with Gasteiger partial charge in [0.1, 0.15) is 5.76 Å². The normalized spacial score (nSPS) is 26.1. The van der Waals surface area contributed by atoms with Crippen molar-refractivity contribution in [1.82, 2.24) is 10.5 Å². The van der Waals surface area contributed by atoms with E-state index < -0.39 is 0 Å². The number of aromatic nitrogens is 1. The zero-order chi connectivity index (χ0) is 10.8. The zero-order valence-corrected chi connectivity index (χ0v) is 10.4. The van der Waals surface area contributed by atoms with Crippen LogP contribution in [0.3, 0.4) is 0 Å². The van der Waals surface area contributed by atoms with Crippen molar-refractivity contribution in [3.8, 4) is 0 Å². The molecule has 0 spiro atoms. The van der Waals surface area contributed by atoms with Crippen LogP contribution in [0.1, 0.15) is 30.4 Å². The Balaban J connectivity index is 1.88. The molecular weight excluding hydrogens is 208 g/mol.